The second kappa shape index (κ2) is 6.72. The summed E-state index contributed by atoms with van der Waals surface area (Å²) in [6.45, 7) is 8.20. The molecule has 1 aromatic heterocycles. The standard InChI is InChI=1S/C16H23FN6/c1-12(2)23-16(18-19-20-23)15(13-6-4-5-7-14(13)17)22-10-8-21(3)9-11-22/h4-7,12,15H,8-11H2,1-3H3/p+2/t15-/m1/s1. The van der Waals surface area contributed by atoms with E-state index in [1.54, 1.807) is 6.07 Å². The van der Waals surface area contributed by atoms with Crippen LogP contribution in [0.4, 0.5) is 4.39 Å². The number of rotatable bonds is 4. The third-order valence-corrected chi connectivity index (χ3v) is 4.64. The van der Waals surface area contributed by atoms with Gasteiger partial charge in [-0.3, -0.25) is 0 Å². The first kappa shape index (κ1) is 16.0. The van der Waals surface area contributed by atoms with E-state index < -0.39 is 0 Å². The average molecular weight is 320 g/mol. The van der Waals surface area contributed by atoms with Crippen LogP contribution < -0.4 is 9.80 Å². The second-order valence-corrected chi connectivity index (χ2v) is 6.65. The lowest BCUT2D eigenvalue weighted by Crippen LogP contribution is -3.27. The van der Waals surface area contributed by atoms with Gasteiger partial charge in [-0.25, -0.2) is 9.07 Å². The number of hydrogen-bond donors (Lipinski definition) is 2. The van der Waals surface area contributed by atoms with E-state index in [0.717, 1.165) is 32.0 Å². The molecular weight excluding hydrogens is 295 g/mol. The summed E-state index contributed by atoms with van der Waals surface area (Å²) in [5.41, 5.74) is 0.679. The molecule has 0 saturated carbocycles. The van der Waals surface area contributed by atoms with Crippen molar-refractivity contribution in [1.29, 1.82) is 0 Å². The van der Waals surface area contributed by atoms with Crippen molar-refractivity contribution < 1.29 is 14.2 Å². The van der Waals surface area contributed by atoms with Gasteiger partial charge in [0.1, 0.15) is 32.0 Å². The molecule has 2 heterocycles. The van der Waals surface area contributed by atoms with Crippen molar-refractivity contribution in [3.05, 3.63) is 41.5 Å². The van der Waals surface area contributed by atoms with Crippen LogP contribution in [0.5, 0.6) is 0 Å². The van der Waals surface area contributed by atoms with Gasteiger partial charge in [-0.05, 0) is 36.4 Å². The van der Waals surface area contributed by atoms with E-state index in [9.17, 15) is 4.39 Å². The molecule has 0 unspecified atom stereocenters. The van der Waals surface area contributed by atoms with Gasteiger partial charge in [-0.15, -0.1) is 5.10 Å². The number of nitrogens with one attached hydrogen (secondary N) is 2. The topological polar surface area (TPSA) is 52.5 Å². The summed E-state index contributed by atoms with van der Waals surface area (Å²) in [4.78, 5) is 2.85. The number of nitrogens with zero attached hydrogens (tertiary/aromatic N) is 4. The molecule has 2 aromatic rings. The van der Waals surface area contributed by atoms with E-state index in [1.807, 2.05) is 30.7 Å². The predicted molar refractivity (Wildman–Crippen MR) is 83.8 cm³/mol. The Morgan fingerprint density at radius 3 is 2.48 bits per heavy atom. The van der Waals surface area contributed by atoms with Crippen LogP contribution in [0.15, 0.2) is 24.3 Å². The summed E-state index contributed by atoms with van der Waals surface area (Å²) < 4.78 is 16.3. The summed E-state index contributed by atoms with van der Waals surface area (Å²) in [7, 11) is 2.20. The van der Waals surface area contributed by atoms with Crippen molar-refractivity contribution in [3.63, 3.8) is 0 Å². The molecule has 0 spiro atoms. The van der Waals surface area contributed by atoms with Crippen LogP contribution in [-0.2, 0) is 0 Å². The fourth-order valence-electron chi connectivity index (χ4n) is 3.30. The number of benzene rings is 1. The Morgan fingerprint density at radius 1 is 1.13 bits per heavy atom. The second-order valence-electron chi connectivity index (χ2n) is 6.65. The Kier molecular flexibility index (Phi) is 4.68. The lowest BCUT2D eigenvalue weighted by atomic mass is 10.0. The van der Waals surface area contributed by atoms with Crippen LogP contribution in [0.2, 0.25) is 0 Å². The Hall–Kier alpha value is -1.86. The van der Waals surface area contributed by atoms with Gasteiger partial charge in [0, 0.05) is 0 Å². The van der Waals surface area contributed by atoms with Gasteiger partial charge in [0.15, 0.2) is 6.04 Å². The lowest BCUT2D eigenvalue weighted by Gasteiger charge is -2.33. The van der Waals surface area contributed by atoms with Crippen molar-refractivity contribution >= 4 is 0 Å². The summed E-state index contributed by atoms with van der Waals surface area (Å²) in [6, 6.07) is 6.97. The third kappa shape index (κ3) is 3.25. The van der Waals surface area contributed by atoms with Crippen LogP contribution in [0.25, 0.3) is 0 Å². The number of hydrogen-bond acceptors (Lipinski definition) is 3. The molecule has 0 aliphatic carbocycles. The summed E-state index contributed by atoms with van der Waals surface area (Å²) in [5.74, 6) is 0.564. The van der Waals surface area contributed by atoms with E-state index in [0.29, 0.717) is 5.56 Å². The van der Waals surface area contributed by atoms with E-state index in [4.69, 9.17) is 0 Å². The predicted octanol–water partition coefficient (Wildman–Crippen LogP) is -1.10. The molecule has 1 atom stereocenters. The van der Waals surface area contributed by atoms with Crippen LogP contribution in [-0.4, -0.2) is 53.4 Å². The minimum atomic E-state index is -0.186. The minimum absolute atomic E-state index is 0.145. The first-order valence-corrected chi connectivity index (χ1v) is 8.26. The first-order valence-electron chi connectivity index (χ1n) is 8.26. The molecule has 1 aliphatic rings. The number of aromatic nitrogens is 4. The van der Waals surface area contributed by atoms with Gasteiger partial charge < -0.3 is 9.80 Å². The van der Waals surface area contributed by atoms with Gasteiger partial charge in [-0.1, -0.05) is 12.1 Å². The number of likely N-dealkylation sites (N-methyl/N-ethyl adjacent to an activating group) is 1. The van der Waals surface area contributed by atoms with Gasteiger partial charge in [0.2, 0.25) is 5.82 Å². The van der Waals surface area contributed by atoms with Gasteiger partial charge in [0.05, 0.1) is 18.7 Å². The smallest absolute Gasteiger partial charge is 0.214 e. The Morgan fingerprint density at radius 2 is 1.83 bits per heavy atom. The quantitative estimate of drug-likeness (QED) is 0.752. The molecule has 0 radical (unpaired) electrons. The number of piperazine rings is 1. The molecule has 23 heavy (non-hydrogen) atoms. The molecule has 124 valence electrons. The van der Waals surface area contributed by atoms with Gasteiger partial charge in [0.25, 0.3) is 0 Å². The van der Waals surface area contributed by atoms with E-state index >= 15 is 0 Å². The van der Waals surface area contributed by atoms with Crippen molar-refractivity contribution in [2.75, 3.05) is 33.2 Å². The number of quaternary nitrogens is 2. The number of tetrazole rings is 1. The molecule has 0 bridgehead atoms. The van der Waals surface area contributed by atoms with Crippen molar-refractivity contribution in [3.8, 4) is 0 Å². The van der Waals surface area contributed by atoms with Crippen LogP contribution in [0.3, 0.4) is 0 Å². The molecule has 2 N–H and O–H groups in total. The van der Waals surface area contributed by atoms with E-state index in [1.165, 1.54) is 15.9 Å². The zero-order valence-corrected chi connectivity index (χ0v) is 14.0. The van der Waals surface area contributed by atoms with Crippen LogP contribution >= 0.6 is 0 Å². The minimum Gasteiger partial charge on any atom is -0.328 e. The van der Waals surface area contributed by atoms with Crippen molar-refractivity contribution in [2.24, 2.45) is 0 Å². The molecule has 1 aromatic carbocycles. The summed E-state index contributed by atoms with van der Waals surface area (Å²) >= 11 is 0. The molecule has 6 nitrogen and oxygen atoms in total. The fourth-order valence-corrected chi connectivity index (χ4v) is 3.30. The molecule has 0 amide bonds. The third-order valence-electron chi connectivity index (χ3n) is 4.64. The van der Waals surface area contributed by atoms with Crippen LogP contribution in [0, 0.1) is 5.82 Å². The summed E-state index contributed by atoms with van der Waals surface area (Å²) in [5, 5.41) is 12.2. The molecule has 7 heteroatoms. The fraction of sp³-hybridized carbons (Fsp3) is 0.562. The highest BCUT2D eigenvalue weighted by Gasteiger charge is 2.36. The Bertz CT molecular complexity index is 648. The Balaban J connectivity index is 2.03. The Labute approximate surface area is 135 Å². The van der Waals surface area contributed by atoms with E-state index in [-0.39, 0.29) is 17.9 Å². The summed E-state index contributed by atoms with van der Waals surface area (Å²) in [6.07, 6.45) is 0. The zero-order valence-electron chi connectivity index (χ0n) is 14.0. The maximum Gasteiger partial charge on any atom is 0.214 e. The highest BCUT2D eigenvalue weighted by atomic mass is 19.1. The van der Waals surface area contributed by atoms with Gasteiger partial charge in [-0.2, -0.15) is 0 Å². The monoisotopic (exact) mass is 320 g/mol. The van der Waals surface area contributed by atoms with E-state index in [2.05, 4.69) is 22.6 Å². The molecular formula is C16H25FN6+2. The zero-order chi connectivity index (χ0) is 16.4. The number of halogens is 1. The van der Waals surface area contributed by atoms with Crippen LogP contribution in [0.1, 0.15) is 37.3 Å². The molecule has 1 saturated heterocycles. The first-order chi connectivity index (χ1) is 11.1. The maximum absolute atomic E-state index is 14.5. The average Bonchev–Trinajstić information content (AvgIpc) is 3.01. The van der Waals surface area contributed by atoms with Crippen molar-refractivity contribution in [1.82, 2.24) is 20.2 Å². The highest BCUT2D eigenvalue weighted by Crippen LogP contribution is 2.21. The van der Waals surface area contributed by atoms with Gasteiger partial charge >= 0.3 is 0 Å². The largest absolute Gasteiger partial charge is 0.328 e. The lowest BCUT2D eigenvalue weighted by molar-refractivity contribution is -1.02. The SMILES string of the molecule is CC(C)n1nnnc1[C@@H](c1ccccc1F)[NH+]1CC[NH+](C)CC1. The highest BCUT2D eigenvalue weighted by molar-refractivity contribution is 5.24. The molecule has 3 rings (SSSR count). The normalized spacial score (nSPS) is 23.2. The molecule has 1 aliphatic heterocycles. The van der Waals surface area contributed by atoms with Crippen molar-refractivity contribution in [2.45, 2.75) is 25.9 Å². The maximum atomic E-state index is 14.5. The molecule has 1 fully saturated rings.